The van der Waals surface area contributed by atoms with E-state index >= 15 is 0 Å². The molecule has 3 rings (SSSR count). The van der Waals surface area contributed by atoms with Gasteiger partial charge in [-0.2, -0.15) is 0 Å². The molecule has 0 amide bonds. The van der Waals surface area contributed by atoms with Crippen molar-refractivity contribution in [2.24, 2.45) is 0 Å². The molecule has 0 bridgehead atoms. The molecule has 118 valence electrons. The van der Waals surface area contributed by atoms with E-state index in [1.807, 2.05) is 19.1 Å². The molecule has 2 aliphatic rings. The van der Waals surface area contributed by atoms with Gasteiger partial charge in [0.1, 0.15) is 5.75 Å². The fourth-order valence-electron chi connectivity index (χ4n) is 3.25. The molecule has 1 fully saturated rings. The highest BCUT2D eigenvalue weighted by Gasteiger charge is 2.40. The molecular formula is C17H21NO4. The van der Waals surface area contributed by atoms with Gasteiger partial charge in [-0.1, -0.05) is 6.07 Å². The highest BCUT2D eigenvalue weighted by atomic mass is 16.5. The summed E-state index contributed by atoms with van der Waals surface area (Å²) in [4.78, 5) is 11.7. The standard InChI is InChI=1S/C17H21NO4/c1-3-21-13-6-8-18-17(11-13)7-9-22-15-10-12(16(19)20-2)4-5-14(15)17/h4-5,7,9-10,13,18H,3,6,8,11H2,1-2H3/t13?,17-/m1/s1. The summed E-state index contributed by atoms with van der Waals surface area (Å²) in [5.74, 6) is 0.328. The minimum atomic E-state index is -0.362. The van der Waals surface area contributed by atoms with Crippen molar-refractivity contribution in [2.45, 2.75) is 31.4 Å². The molecule has 1 N–H and O–H groups in total. The maximum Gasteiger partial charge on any atom is 0.337 e. The fourth-order valence-corrected chi connectivity index (χ4v) is 3.25. The van der Waals surface area contributed by atoms with E-state index in [0.29, 0.717) is 11.3 Å². The quantitative estimate of drug-likeness (QED) is 0.869. The van der Waals surface area contributed by atoms with Crippen LogP contribution in [0.5, 0.6) is 5.75 Å². The van der Waals surface area contributed by atoms with Crippen LogP contribution in [-0.4, -0.2) is 32.3 Å². The van der Waals surface area contributed by atoms with E-state index in [1.165, 1.54) is 7.11 Å². The molecule has 2 atom stereocenters. The smallest absolute Gasteiger partial charge is 0.337 e. The lowest BCUT2D eigenvalue weighted by molar-refractivity contribution is 0.0157. The Hall–Kier alpha value is -1.85. The Morgan fingerprint density at radius 3 is 3.14 bits per heavy atom. The number of carbonyl (C=O) groups is 1. The van der Waals surface area contributed by atoms with Gasteiger partial charge in [-0.3, -0.25) is 0 Å². The number of esters is 1. The van der Waals surface area contributed by atoms with Gasteiger partial charge < -0.3 is 19.5 Å². The van der Waals surface area contributed by atoms with Crippen molar-refractivity contribution in [1.82, 2.24) is 5.32 Å². The second kappa shape index (κ2) is 6.10. The van der Waals surface area contributed by atoms with Gasteiger partial charge in [0, 0.05) is 12.2 Å². The first-order chi connectivity index (χ1) is 10.7. The molecule has 2 heterocycles. The fraction of sp³-hybridized carbons (Fsp3) is 0.471. The number of methoxy groups -OCH3 is 1. The molecule has 1 unspecified atom stereocenters. The SMILES string of the molecule is CCOC1CCN[C@]2(C=COc3cc(C(=O)OC)ccc32)C1. The number of benzene rings is 1. The van der Waals surface area contributed by atoms with Crippen molar-refractivity contribution < 1.29 is 19.0 Å². The largest absolute Gasteiger partial charge is 0.465 e. The van der Waals surface area contributed by atoms with Crippen LogP contribution in [0.4, 0.5) is 0 Å². The number of carbonyl (C=O) groups excluding carboxylic acids is 1. The van der Waals surface area contributed by atoms with Gasteiger partial charge in [-0.05, 0) is 44.5 Å². The van der Waals surface area contributed by atoms with Crippen LogP contribution in [0.2, 0.25) is 0 Å². The van der Waals surface area contributed by atoms with E-state index in [2.05, 4.69) is 5.32 Å². The van der Waals surface area contributed by atoms with Crippen LogP contribution in [-0.2, 0) is 15.0 Å². The number of fused-ring (bicyclic) bond motifs is 2. The van der Waals surface area contributed by atoms with E-state index < -0.39 is 0 Å². The van der Waals surface area contributed by atoms with Crippen LogP contribution < -0.4 is 10.1 Å². The monoisotopic (exact) mass is 303 g/mol. The molecule has 1 saturated heterocycles. The lowest BCUT2D eigenvalue weighted by atomic mass is 9.79. The number of hydrogen-bond acceptors (Lipinski definition) is 5. The molecule has 0 radical (unpaired) electrons. The zero-order chi connectivity index (χ0) is 15.6. The molecule has 1 aromatic carbocycles. The number of ether oxygens (including phenoxy) is 3. The Morgan fingerprint density at radius 2 is 2.36 bits per heavy atom. The third-order valence-corrected chi connectivity index (χ3v) is 4.29. The predicted molar refractivity (Wildman–Crippen MR) is 81.9 cm³/mol. The summed E-state index contributed by atoms with van der Waals surface area (Å²) in [6, 6.07) is 5.45. The summed E-state index contributed by atoms with van der Waals surface area (Å²) in [7, 11) is 1.37. The molecule has 22 heavy (non-hydrogen) atoms. The van der Waals surface area contributed by atoms with Crippen molar-refractivity contribution in [2.75, 3.05) is 20.3 Å². The van der Waals surface area contributed by atoms with Crippen LogP contribution in [0.25, 0.3) is 0 Å². The number of nitrogens with one attached hydrogen (secondary N) is 1. The molecule has 2 aliphatic heterocycles. The number of rotatable bonds is 3. The second-order valence-electron chi connectivity index (χ2n) is 5.59. The molecule has 5 nitrogen and oxygen atoms in total. The molecule has 1 spiro atoms. The highest BCUT2D eigenvalue weighted by molar-refractivity contribution is 5.90. The molecule has 0 aliphatic carbocycles. The zero-order valence-corrected chi connectivity index (χ0v) is 12.9. The Morgan fingerprint density at radius 1 is 1.50 bits per heavy atom. The lowest BCUT2D eigenvalue weighted by Crippen LogP contribution is -2.50. The molecule has 0 saturated carbocycles. The van der Waals surface area contributed by atoms with Gasteiger partial charge in [0.05, 0.1) is 30.6 Å². The third kappa shape index (κ3) is 2.62. The van der Waals surface area contributed by atoms with Crippen molar-refractivity contribution in [1.29, 1.82) is 0 Å². The van der Waals surface area contributed by atoms with Crippen LogP contribution in [0.3, 0.4) is 0 Å². The minimum absolute atomic E-state index is 0.224. The summed E-state index contributed by atoms with van der Waals surface area (Å²) < 4.78 is 16.2. The van der Waals surface area contributed by atoms with Gasteiger partial charge in [0.25, 0.3) is 0 Å². The van der Waals surface area contributed by atoms with Crippen LogP contribution in [0.15, 0.2) is 30.5 Å². The molecule has 5 heteroatoms. The zero-order valence-electron chi connectivity index (χ0n) is 12.9. The Kier molecular flexibility index (Phi) is 4.18. The van der Waals surface area contributed by atoms with Gasteiger partial charge in [-0.25, -0.2) is 4.79 Å². The Balaban J connectivity index is 1.94. The first-order valence-electron chi connectivity index (χ1n) is 7.62. The van der Waals surface area contributed by atoms with E-state index in [4.69, 9.17) is 14.2 Å². The first kappa shape index (κ1) is 15.1. The van der Waals surface area contributed by atoms with E-state index in [-0.39, 0.29) is 17.6 Å². The van der Waals surface area contributed by atoms with Gasteiger partial charge in [0.2, 0.25) is 0 Å². The van der Waals surface area contributed by atoms with Crippen molar-refractivity contribution >= 4 is 5.97 Å². The molecule has 1 aromatic rings. The van der Waals surface area contributed by atoms with E-state index in [0.717, 1.165) is 31.6 Å². The van der Waals surface area contributed by atoms with Crippen LogP contribution >= 0.6 is 0 Å². The van der Waals surface area contributed by atoms with Crippen molar-refractivity contribution in [3.8, 4) is 5.75 Å². The Labute approximate surface area is 130 Å². The molecule has 0 aromatic heterocycles. The van der Waals surface area contributed by atoms with E-state index in [9.17, 15) is 4.79 Å². The lowest BCUT2D eigenvalue weighted by Gasteiger charge is -2.42. The molecular weight excluding hydrogens is 282 g/mol. The minimum Gasteiger partial charge on any atom is -0.465 e. The average molecular weight is 303 g/mol. The Bertz CT molecular complexity index is 596. The van der Waals surface area contributed by atoms with E-state index in [1.54, 1.807) is 18.4 Å². The van der Waals surface area contributed by atoms with Gasteiger partial charge in [0.15, 0.2) is 0 Å². The maximum absolute atomic E-state index is 11.7. The summed E-state index contributed by atoms with van der Waals surface area (Å²) in [5.41, 5.74) is 1.23. The van der Waals surface area contributed by atoms with Crippen molar-refractivity contribution in [3.63, 3.8) is 0 Å². The first-order valence-corrected chi connectivity index (χ1v) is 7.62. The summed E-state index contributed by atoms with van der Waals surface area (Å²) in [6.07, 6.45) is 5.80. The predicted octanol–water partition coefficient (Wildman–Crippen LogP) is 2.36. The topological polar surface area (TPSA) is 56.8 Å². The maximum atomic E-state index is 11.7. The van der Waals surface area contributed by atoms with Crippen LogP contribution in [0.1, 0.15) is 35.7 Å². The third-order valence-electron chi connectivity index (χ3n) is 4.29. The summed E-state index contributed by atoms with van der Waals surface area (Å²) >= 11 is 0. The highest BCUT2D eigenvalue weighted by Crippen LogP contribution is 2.41. The van der Waals surface area contributed by atoms with Crippen molar-refractivity contribution in [3.05, 3.63) is 41.7 Å². The van der Waals surface area contributed by atoms with Crippen LogP contribution in [0, 0.1) is 0 Å². The normalized spacial score (nSPS) is 26.4. The summed E-state index contributed by atoms with van der Waals surface area (Å²) in [5, 5.41) is 3.58. The average Bonchev–Trinajstić information content (AvgIpc) is 2.54. The van der Waals surface area contributed by atoms with Gasteiger partial charge in [-0.15, -0.1) is 0 Å². The second-order valence-corrected chi connectivity index (χ2v) is 5.59. The summed E-state index contributed by atoms with van der Waals surface area (Å²) in [6.45, 7) is 3.62. The number of hydrogen-bond donors (Lipinski definition) is 1. The number of piperidine rings is 1. The van der Waals surface area contributed by atoms with Gasteiger partial charge >= 0.3 is 5.97 Å².